The number of ether oxygens (including phenoxy) is 1. The number of aromatic nitrogens is 3. The van der Waals surface area contributed by atoms with Crippen LogP contribution in [-0.2, 0) is 16.1 Å². The molecule has 4 rings (SSSR count). The van der Waals surface area contributed by atoms with E-state index in [0.717, 1.165) is 60.1 Å². The maximum atomic E-state index is 12.4. The number of rotatable bonds is 7. The summed E-state index contributed by atoms with van der Waals surface area (Å²) in [4.78, 5) is 15.8. The molecule has 0 spiro atoms. The highest BCUT2D eigenvalue weighted by molar-refractivity contribution is 7.99. The topological polar surface area (TPSA) is 72.3 Å². The lowest BCUT2D eigenvalue weighted by atomic mass is 10.2. The SMILES string of the molecule is CCn1c(SCC(=O)Nc2ccc(N3CCOCC3)cc2)nnc1-c1cccs1. The molecule has 0 unspecified atom stereocenters. The third-order valence-corrected chi connectivity index (χ3v) is 6.47. The molecule has 1 aliphatic heterocycles. The molecule has 1 aromatic carbocycles. The average Bonchev–Trinajstić information content (AvgIpc) is 3.43. The van der Waals surface area contributed by atoms with Gasteiger partial charge in [0.1, 0.15) is 0 Å². The summed E-state index contributed by atoms with van der Waals surface area (Å²) in [5.74, 6) is 1.08. The molecule has 3 aromatic rings. The van der Waals surface area contributed by atoms with Gasteiger partial charge >= 0.3 is 0 Å². The van der Waals surface area contributed by atoms with Gasteiger partial charge in [0, 0.05) is 31.0 Å². The molecule has 1 saturated heterocycles. The number of carbonyl (C=O) groups excluding carboxylic acids is 1. The van der Waals surface area contributed by atoms with Gasteiger partial charge in [-0.05, 0) is 42.6 Å². The minimum Gasteiger partial charge on any atom is -0.378 e. The molecule has 29 heavy (non-hydrogen) atoms. The van der Waals surface area contributed by atoms with E-state index in [-0.39, 0.29) is 11.7 Å². The van der Waals surface area contributed by atoms with Gasteiger partial charge in [-0.2, -0.15) is 0 Å². The van der Waals surface area contributed by atoms with Crippen molar-refractivity contribution in [3.8, 4) is 10.7 Å². The molecular weight excluding hydrogens is 406 g/mol. The van der Waals surface area contributed by atoms with Crippen LogP contribution in [0.4, 0.5) is 11.4 Å². The van der Waals surface area contributed by atoms with Gasteiger partial charge in [0.2, 0.25) is 5.91 Å². The van der Waals surface area contributed by atoms with Crippen molar-refractivity contribution < 1.29 is 9.53 Å². The maximum Gasteiger partial charge on any atom is 0.234 e. The number of nitrogens with one attached hydrogen (secondary N) is 1. The van der Waals surface area contributed by atoms with E-state index in [4.69, 9.17) is 4.74 Å². The molecule has 0 radical (unpaired) electrons. The molecule has 9 heteroatoms. The van der Waals surface area contributed by atoms with Crippen LogP contribution >= 0.6 is 23.1 Å². The molecule has 0 bridgehead atoms. The van der Waals surface area contributed by atoms with Crippen molar-refractivity contribution in [2.75, 3.05) is 42.3 Å². The van der Waals surface area contributed by atoms with Crippen molar-refractivity contribution in [3.63, 3.8) is 0 Å². The first kappa shape index (κ1) is 19.9. The van der Waals surface area contributed by atoms with Crippen molar-refractivity contribution in [1.82, 2.24) is 14.8 Å². The first-order chi connectivity index (χ1) is 14.2. The highest BCUT2D eigenvalue weighted by atomic mass is 32.2. The number of thiophene rings is 1. The second-order valence-corrected chi connectivity index (χ2v) is 8.40. The van der Waals surface area contributed by atoms with E-state index in [9.17, 15) is 4.79 Å². The number of morpholine rings is 1. The molecular formula is C20H23N5O2S2. The number of carbonyl (C=O) groups is 1. The average molecular weight is 430 g/mol. The van der Waals surface area contributed by atoms with Crippen LogP contribution in [0.1, 0.15) is 6.92 Å². The maximum absolute atomic E-state index is 12.4. The van der Waals surface area contributed by atoms with Crippen molar-refractivity contribution in [2.24, 2.45) is 0 Å². The van der Waals surface area contributed by atoms with Gasteiger partial charge in [-0.1, -0.05) is 17.8 Å². The second-order valence-electron chi connectivity index (χ2n) is 6.51. The van der Waals surface area contributed by atoms with Crippen LogP contribution in [0, 0.1) is 0 Å². The lowest BCUT2D eigenvalue weighted by Gasteiger charge is -2.28. The third-order valence-electron chi connectivity index (χ3n) is 4.63. The molecule has 1 amide bonds. The molecule has 1 fully saturated rings. The Labute approximate surface area is 178 Å². The van der Waals surface area contributed by atoms with Gasteiger partial charge in [-0.15, -0.1) is 21.5 Å². The quantitative estimate of drug-likeness (QED) is 0.579. The Morgan fingerprint density at radius 2 is 2.00 bits per heavy atom. The highest BCUT2D eigenvalue weighted by Crippen LogP contribution is 2.27. The zero-order chi connectivity index (χ0) is 20.1. The summed E-state index contributed by atoms with van der Waals surface area (Å²) in [6, 6.07) is 12.0. The molecule has 0 saturated carbocycles. The summed E-state index contributed by atoms with van der Waals surface area (Å²) in [6.45, 7) is 6.12. The van der Waals surface area contributed by atoms with Crippen molar-refractivity contribution >= 4 is 40.4 Å². The Morgan fingerprint density at radius 1 is 1.21 bits per heavy atom. The van der Waals surface area contributed by atoms with Gasteiger partial charge < -0.3 is 19.5 Å². The number of hydrogen-bond donors (Lipinski definition) is 1. The monoisotopic (exact) mass is 429 g/mol. The normalized spacial score (nSPS) is 14.2. The molecule has 1 N–H and O–H groups in total. The van der Waals surface area contributed by atoms with Crippen LogP contribution in [0.2, 0.25) is 0 Å². The number of thioether (sulfide) groups is 1. The van der Waals surface area contributed by atoms with E-state index < -0.39 is 0 Å². The Hall–Kier alpha value is -2.36. The molecule has 7 nitrogen and oxygen atoms in total. The van der Waals surface area contributed by atoms with Gasteiger partial charge in [-0.3, -0.25) is 4.79 Å². The summed E-state index contributed by atoms with van der Waals surface area (Å²) in [6.07, 6.45) is 0. The van der Waals surface area contributed by atoms with Crippen LogP contribution in [0.15, 0.2) is 46.9 Å². The largest absolute Gasteiger partial charge is 0.378 e. The predicted molar refractivity (Wildman–Crippen MR) is 118 cm³/mol. The second kappa shape index (κ2) is 9.43. The van der Waals surface area contributed by atoms with Gasteiger partial charge in [-0.25, -0.2) is 0 Å². The number of amides is 1. The van der Waals surface area contributed by atoms with Crippen LogP contribution in [-0.4, -0.2) is 52.7 Å². The molecule has 2 aromatic heterocycles. The number of anilines is 2. The van der Waals surface area contributed by atoms with Crippen molar-refractivity contribution in [1.29, 1.82) is 0 Å². The fourth-order valence-corrected chi connectivity index (χ4v) is 4.69. The van der Waals surface area contributed by atoms with Crippen LogP contribution in [0.3, 0.4) is 0 Å². The van der Waals surface area contributed by atoms with E-state index >= 15 is 0 Å². The highest BCUT2D eigenvalue weighted by Gasteiger charge is 2.15. The minimum atomic E-state index is -0.0579. The summed E-state index contributed by atoms with van der Waals surface area (Å²) in [5.41, 5.74) is 1.95. The van der Waals surface area contributed by atoms with E-state index in [1.807, 2.05) is 46.3 Å². The van der Waals surface area contributed by atoms with Crippen molar-refractivity contribution in [2.45, 2.75) is 18.6 Å². The number of hydrogen-bond acceptors (Lipinski definition) is 7. The molecule has 3 heterocycles. The van der Waals surface area contributed by atoms with Crippen molar-refractivity contribution in [3.05, 3.63) is 41.8 Å². The molecule has 1 aliphatic rings. The third kappa shape index (κ3) is 4.80. The number of nitrogens with zero attached hydrogens (tertiary/aromatic N) is 4. The standard InChI is InChI=1S/C20H23N5O2S2/c1-2-25-19(17-4-3-13-28-17)22-23-20(25)29-14-18(26)21-15-5-7-16(8-6-15)24-9-11-27-12-10-24/h3-8,13H,2,9-12,14H2,1H3,(H,21,26). The fraction of sp³-hybridized carbons (Fsp3) is 0.350. The zero-order valence-electron chi connectivity index (χ0n) is 16.2. The van der Waals surface area contributed by atoms with E-state index in [0.29, 0.717) is 0 Å². The lowest BCUT2D eigenvalue weighted by Crippen LogP contribution is -2.36. The van der Waals surface area contributed by atoms with E-state index in [2.05, 4.69) is 27.3 Å². The summed E-state index contributed by atoms with van der Waals surface area (Å²) in [5, 5.41) is 14.3. The summed E-state index contributed by atoms with van der Waals surface area (Å²) < 4.78 is 7.43. The first-order valence-corrected chi connectivity index (χ1v) is 11.4. The Balaban J connectivity index is 1.33. The fourth-order valence-electron chi connectivity index (χ4n) is 3.17. The Morgan fingerprint density at radius 3 is 2.69 bits per heavy atom. The smallest absolute Gasteiger partial charge is 0.234 e. The Kier molecular flexibility index (Phi) is 6.48. The number of benzene rings is 1. The summed E-state index contributed by atoms with van der Waals surface area (Å²) in [7, 11) is 0. The van der Waals surface area contributed by atoms with Gasteiger partial charge in [0.05, 0.1) is 23.8 Å². The van der Waals surface area contributed by atoms with Gasteiger partial charge in [0.15, 0.2) is 11.0 Å². The molecule has 152 valence electrons. The van der Waals surface area contributed by atoms with Gasteiger partial charge in [0.25, 0.3) is 0 Å². The van der Waals surface area contributed by atoms with Crippen LogP contribution < -0.4 is 10.2 Å². The predicted octanol–water partition coefficient (Wildman–Crippen LogP) is 3.59. The van der Waals surface area contributed by atoms with Crippen LogP contribution in [0.5, 0.6) is 0 Å². The lowest BCUT2D eigenvalue weighted by molar-refractivity contribution is -0.113. The van der Waals surface area contributed by atoms with Crippen LogP contribution in [0.25, 0.3) is 10.7 Å². The van der Waals surface area contributed by atoms with E-state index in [1.54, 1.807) is 11.3 Å². The zero-order valence-corrected chi connectivity index (χ0v) is 17.8. The minimum absolute atomic E-state index is 0.0579. The Bertz CT molecular complexity index is 934. The molecule has 0 atom stereocenters. The van der Waals surface area contributed by atoms with E-state index in [1.165, 1.54) is 11.8 Å². The first-order valence-electron chi connectivity index (χ1n) is 9.57. The summed E-state index contributed by atoms with van der Waals surface area (Å²) >= 11 is 3.04. The molecule has 0 aliphatic carbocycles.